The van der Waals surface area contributed by atoms with E-state index in [9.17, 15) is 9.59 Å². The molecule has 0 aromatic rings. The van der Waals surface area contributed by atoms with Gasteiger partial charge in [0.15, 0.2) is 0 Å². The Balaban J connectivity index is 1.69. The predicted octanol–water partition coefficient (Wildman–Crippen LogP) is 2.08. The van der Waals surface area contributed by atoms with Crippen LogP contribution in [-0.2, 0) is 14.3 Å². The van der Waals surface area contributed by atoms with Gasteiger partial charge in [0.2, 0.25) is 0 Å². The Kier molecular flexibility index (Phi) is 6.58. The molecule has 1 heterocycles. The molecule has 5 atom stereocenters. The lowest BCUT2D eigenvalue weighted by Gasteiger charge is -2.42. The minimum Gasteiger partial charge on any atom is -0.458 e. The molecule has 0 bridgehead atoms. The number of amides is 1. The zero-order valence-corrected chi connectivity index (χ0v) is 17.0. The molecule has 5 unspecified atom stereocenters. The van der Waals surface area contributed by atoms with E-state index in [1.807, 2.05) is 6.08 Å². The molecule has 0 aromatic heterocycles. The molecule has 0 spiro atoms. The number of esters is 1. The van der Waals surface area contributed by atoms with E-state index in [1.165, 1.54) is 0 Å². The smallest absolute Gasteiger partial charge is 0.343 e. The van der Waals surface area contributed by atoms with Gasteiger partial charge < -0.3 is 20.3 Å². The Labute approximate surface area is 163 Å². The summed E-state index contributed by atoms with van der Waals surface area (Å²) in [6.45, 7) is 6.37. The largest absolute Gasteiger partial charge is 0.458 e. The third-order valence-electron chi connectivity index (χ3n) is 6.83. The van der Waals surface area contributed by atoms with Crippen LogP contribution >= 0.6 is 0 Å². The first-order valence-electron chi connectivity index (χ1n) is 10.7. The van der Waals surface area contributed by atoms with Crippen molar-refractivity contribution in [3.63, 3.8) is 0 Å². The summed E-state index contributed by atoms with van der Waals surface area (Å²) in [5.41, 5.74) is 6.43. The van der Waals surface area contributed by atoms with E-state index < -0.39 is 5.97 Å². The molecule has 2 N–H and O–H groups in total. The van der Waals surface area contributed by atoms with E-state index in [2.05, 4.69) is 18.7 Å². The average Bonchev–Trinajstić information content (AvgIpc) is 2.67. The molecule has 2 saturated carbocycles. The zero-order valence-electron chi connectivity index (χ0n) is 17.0. The normalized spacial score (nSPS) is 33.9. The van der Waals surface area contributed by atoms with Crippen molar-refractivity contribution in [3.05, 3.63) is 11.6 Å². The van der Waals surface area contributed by atoms with Gasteiger partial charge in [-0.3, -0.25) is 4.79 Å². The van der Waals surface area contributed by atoms with E-state index in [-0.39, 0.29) is 35.6 Å². The lowest BCUT2D eigenvalue weighted by molar-refractivity contribution is -0.153. The van der Waals surface area contributed by atoms with Gasteiger partial charge in [0.05, 0.1) is 0 Å². The summed E-state index contributed by atoms with van der Waals surface area (Å²) in [6.07, 6.45) is 8.73. The number of carbonyl (C=O) groups excluding carboxylic acids is 2. The topological polar surface area (TPSA) is 75.9 Å². The molecule has 1 aliphatic heterocycles. The van der Waals surface area contributed by atoms with Crippen molar-refractivity contribution in [3.8, 4) is 0 Å². The Morgan fingerprint density at radius 2 is 1.89 bits per heavy atom. The minimum absolute atomic E-state index is 0.00910. The van der Waals surface area contributed by atoms with Crippen LogP contribution in [0.5, 0.6) is 0 Å². The van der Waals surface area contributed by atoms with Gasteiger partial charge in [-0.2, -0.15) is 0 Å². The molecule has 6 nitrogen and oxygen atoms in total. The summed E-state index contributed by atoms with van der Waals surface area (Å²) >= 11 is 0. The third-order valence-corrected chi connectivity index (χ3v) is 6.83. The Bertz CT molecular complexity index is 587. The molecule has 6 heteroatoms. The van der Waals surface area contributed by atoms with Crippen molar-refractivity contribution >= 4 is 11.9 Å². The molecule has 1 amide bonds. The second-order valence-electron chi connectivity index (χ2n) is 8.31. The van der Waals surface area contributed by atoms with Crippen LogP contribution in [0.15, 0.2) is 11.6 Å². The van der Waals surface area contributed by atoms with Crippen LogP contribution < -0.4 is 5.73 Å². The minimum atomic E-state index is -0.460. The van der Waals surface area contributed by atoms with Crippen LogP contribution in [0.4, 0.5) is 0 Å². The SMILES string of the molecule is CCN(CC)C1CCC2C=C(C(=O)N(C)C3CCCCC3N)C(=O)OC2C1. The summed E-state index contributed by atoms with van der Waals surface area (Å²) in [6, 6.07) is 0.462. The van der Waals surface area contributed by atoms with Gasteiger partial charge >= 0.3 is 5.97 Å². The number of nitrogens with two attached hydrogens (primary N) is 1. The maximum absolute atomic E-state index is 13.0. The van der Waals surface area contributed by atoms with Crippen LogP contribution in [-0.4, -0.2) is 66.0 Å². The van der Waals surface area contributed by atoms with Crippen LogP contribution in [0.25, 0.3) is 0 Å². The molecule has 2 fully saturated rings. The van der Waals surface area contributed by atoms with E-state index in [1.54, 1.807) is 11.9 Å². The first-order valence-corrected chi connectivity index (χ1v) is 10.7. The van der Waals surface area contributed by atoms with Crippen molar-refractivity contribution < 1.29 is 14.3 Å². The lowest BCUT2D eigenvalue weighted by Crippen LogP contribution is -2.52. The molecule has 0 radical (unpaired) electrons. The molecule has 2 aliphatic carbocycles. The van der Waals surface area contributed by atoms with Gasteiger partial charge in [-0.15, -0.1) is 0 Å². The molecular formula is C21H35N3O3. The van der Waals surface area contributed by atoms with E-state index in [0.29, 0.717) is 6.04 Å². The van der Waals surface area contributed by atoms with Crippen LogP contribution in [0, 0.1) is 5.92 Å². The first kappa shape index (κ1) is 20.3. The molecule has 0 saturated heterocycles. The molecule has 3 rings (SSSR count). The highest BCUT2D eigenvalue weighted by atomic mass is 16.5. The fourth-order valence-corrected chi connectivity index (χ4v) is 5.13. The van der Waals surface area contributed by atoms with Gasteiger partial charge in [-0.25, -0.2) is 4.79 Å². The molecule has 27 heavy (non-hydrogen) atoms. The maximum Gasteiger partial charge on any atom is 0.343 e. The average molecular weight is 378 g/mol. The van der Waals surface area contributed by atoms with E-state index >= 15 is 0 Å². The number of carbonyl (C=O) groups is 2. The van der Waals surface area contributed by atoms with Crippen molar-refractivity contribution in [2.75, 3.05) is 20.1 Å². The lowest BCUT2D eigenvalue weighted by atomic mass is 9.80. The van der Waals surface area contributed by atoms with Crippen molar-refractivity contribution in [2.24, 2.45) is 11.7 Å². The predicted molar refractivity (Wildman–Crippen MR) is 105 cm³/mol. The highest BCUT2D eigenvalue weighted by Crippen LogP contribution is 2.35. The summed E-state index contributed by atoms with van der Waals surface area (Å²) in [7, 11) is 1.77. The van der Waals surface area contributed by atoms with Gasteiger partial charge in [0.25, 0.3) is 5.91 Å². The van der Waals surface area contributed by atoms with Crippen LogP contribution in [0.1, 0.15) is 58.8 Å². The quantitative estimate of drug-likeness (QED) is 0.586. The summed E-state index contributed by atoms with van der Waals surface area (Å²) in [5.74, 6) is -0.536. The number of likely N-dealkylation sites (N-methyl/N-ethyl adjacent to an activating group) is 1. The molecule has 152 valence electrons. The number of fused-ring (bicyclic) bond motifs is 1. The van der Waals surface area contributed by atoms with E-state index in [0.717, 1.165) is 58.0 Å². The van der Waals surface area contributed by atoms with Gasteiger partial charge in [0, 0.05) is 37.5 Å². The monoisotopic (exact) mass is 377 g/mol. The second kappa shape index (κ2) is 8.74. The Morgan fingerprint density at radius 3 is 2.56 bits per heavy atom. The fraction of sp³-hybridized carbons (Fsp3) is 0.810. The number of nitrogens with zero attached hydrogens (tertiary/aromatic N) is 2. The number of hydrogen-bond acceptors (Lipinski definition) is 5. The second-order valence-corrected chi connectivity index (χ2v) is 8.31. The summed E-state index contributed by atoms with van der Waals surface area (Å²) < 4.78 is 5.75. The Morgan fingerprint density at radius 1 is 1.19 bits per heavy atom. The fourth-order valence-electron chi connectivity index (χ4n) is 5.13. The molecule has 0 aromatic carbocycles. The van der Waals surface area contributed by atoms with Crippen molar-refractivity contribution in [1.82, 2.24) is 9.80 Å². The summed E-state index contributed by atoms with van der Waals surface area (Å²) in [5, 5.41) is 0. The van der Waals surface area contributed by atoms with Gasteiger partial charge in [-0.1, -0.05) is 32.8 Å². The first-order chi connectivity index (χ1) is 13.0. The van der Waals surface area contributed by atoms with Gasteiger partial charge in [0.1, 0.15) is 11.7 Å². The molecule has 3 aliphatic rings. The van der Waals surface area contributed by atoms with Crippen LogP contribution in [0.3, 0.4) is 0 Å². The zero-order chi connectivity index (χ0) is 19.6. The number of ether oxygens (including phenoxy) is 1. The van der Waals surface area contributed by atoms with Crippen LogP contribution in [0.2, 0.25) is 0 Å². The number of hydrogen-bond donors (Lipinski definition) is 1. The maximum atomic E-state index is 13.0. The third kappa shape index (κ3) is 4.21. The highest BCUT2D eigenvalue weighted by molar-refractivity contribution is 6.16. The van der Waals surface area contributed by atoms with Gasteiger partial charge in [-0.05, 0) is 38.8 Å². The standard InChI is InChI=1S/C21H35N3O3/c1-4-24(5-2)15-11-10-14-12-16(21(26)27-19(14)13-15)20(25)23(3)18-9-7-6-8-17(18)22/h12,14-15,17-19H,4-11,13,22H2,1-3H3. The number of rotatable bonds is 5. The van der Waals surface area contributed by atoms with Crippen molar-refractivity contribution in [2.45, 2.75) is 83.0 Å². The van der Waals surface area contributed by atoms with Crippen molar-refractivity contribution in [1.29, 1.82) is 0 Å². The highest BCUT2D eigenvalue weighted by Gasteiger charge is 2.41. The molecular weight excluding hydrogens is 342 g/mol. The summed E-state index contributed by atoms with van der Waals surface area (Å²) in [4.78, 5) is 29.7. The Hall–Kier alpha value is -1.40. The van der Waals surface area contributed by atoms with E-state index in [4.69, 9.17) is 10.5 Å².